The van der Waals surface area contributed by atoms with E-state index >= 15 is 0 Å². The van der Waals surface area contributed by atoms with Crippen LogP contribution in [0, 0.1) is 23.3 Å². The van der Waals surface area contributed by atoms with Gasteiger partial charge in [0.05, 0.1) is 6.21 Å². The van der Waals surface area contributed by atoms with Gasteiger partial charge in [-0.05, 0) is 6.07 Å². The van der Waals surface area contributed by atoms with Crippen LogP contribution in [0.3, 0.4) is 0 Å². The molecule has 0 saturated carbocycles. The van der Waals surface area contributed by atoms with Gasteiger partial charge in [0.25, 0.3) is 0 Å². The van der Waals surface area contributed by atoms with Crippen molar-refractivity contribution in [1.82, 2.24) is 0 Å². The fourth-order valence-corrected chi connectivity index (χ4v) is 0.747. The lowest BCUT2D eigenvalue weighted by atomic mass is 10.2. The normalized spacial score (nSPS) is 10.3. The van der Waals surface area contributed by atoms with E-state index in [-0.39, 0.29) is 12.4 Å². The molecule has 0 radical (unpaired) electrons. The largest absolute Gasteiger partial charge is 0.411 e. The quantitative estimate of drug-likeness (QED) is 0.197. The lowest BCUT2D eigenvalue weighted by molar-refractivity contribution is 0.321. The first-order valence-corrected chi connectivity index (χ1v) is 3.08. The van der Waals surface area contributed by atoms with Gasteiger partial charge in [-0.15, -0.1) is 12.4 Å². The first kappa shape index (κ1) is 12.7. The van der Waals surface area contributed by atoms with Gasteiger partial charge in [0.15, 0.2) is 23.3 Å². The minimum atomic E-state index is -1.94. The van der Waals surface area contributed by atoms with Crippen LogP contribution in [0.1, 0.15) is 5.56 Å². The van der Waals surface area contributed by atoms with Gasteiger partial charge in [-0.2, -0.15) is 0 Å². The molecule has 1 aromatic rings. The van der Waals surface area contributed by atoms with Crippen LogP contribution in [0.2, 0.25) is 0 Å². The summed E-state index contributed by atoms with van der Waals surface area (Å²) in [5.41, 5.74) is -0.668. The second-order valence-corrected chi connectivity index (χ2v) is 2.13. The smallest absolute Gasteiger partial charge is 0.198 e. The van der Waals surface area contributed by atoms with Crippen molar-refractivity contribution in [3.05, 3.63) is 34.9 Å². The third-order valence-electron chi connectivity index (χ3n) is 1.33. The Morgan fingerprint density at radius 2 is 1.64 bits per heavy atom. The highest BCUT2D eigenvalue weighted by Crippen LogP contribution is 2.17. The van der Waals surface area contributed by atoms with Gasteiger partial charge in [-0.25, -0.2) is 17.6 Å². The maximum Gasteiger partial charge on any atom is 0.198 e. The summed E-state index contributed by atoms with van der Waals surface area (Å²) in [5, 5.41) is 10.3. The second-order valence-electron chi connectivity index (χ2n) is 2.13. The van der Waals surface area contributed by atoms with Crippen LogP contribution in [0.15, 0.2) is 11.2 Å². The Balaban J connectivity index is 0.00000169. The zero-order valence-electron chi connectivity index (χ0n) is 6.47. The van der Waals surface area contributed by atoms with Crippen molar-refractivity contribution >= 4 is 18.6 Å². The summed E-state index contributed by atoms with van der Waals surface area (Å²) >= 11 is 0. The Hall–Kier alpha value is -1.30. The van der Waals surface area contributed by atoms with Gasteiger partial charge in [0, 0.05) is 5.56 Å². The molecule has 0 atom stereocenters. The molecule has 1 aromatic carbocycles. The van der Waals surface area contributed by atoms with Crippen LogP contribution < -0.4 is 0 Å². The third-order valence-corrected chi connectivity index (χ3v) is 1.33. The molecule has 0 saturated heterocycles. The van der Waals surface area contributed by atoms with E-state index in [4.69, 9.17) is 5.21 Å². The van der Waals surface area contributed by atoms with Gasteiger partial charge in [0.1, 0.15) is 0 Å². The van der Waals surface area contributed by atoms with Crippen LogP contribution in [-0.4, -0.2) is 11.4 Å². The molecule has 0 aliphatic carbocycles. The van der Waals surface area contributed by atoms with Crippen molar-refractivity contribution in [2.45, 2.75) is 0 Å². The molecule has 7 heteroatoms. The zero-order valence-corrected chi connectivity index (χ0v) is 7.29. The molecule has 78 valence electrons. The van der Waals surface area contributed by atoms with Crippen LogP contribution in [0.4, 0.5) is 17.6 Å². The minimum Gasteiger partial charge on any atom is -0.411 e. The molecule has 0 aromatic heterocycles. The summed E-state index contributed by atoms with van der Waals surface area (Å²) in [6.07, 6.45) is 0.459. The van der Waals surface area contributed by atoms with E-state index in [1.165, 1.54) is 0 Å². The molecule has 2 nitrogen and oxygen atoms in total. The molecule has 0 heterocycles. The highest BCUT2D eigenvalue weighted by Gasteiger charge is 2.17. The summed E-state index contributed by atoms with van der Waals surface area (Å²) in [7, 11) is 0. The molecule has 0 bridgehead atoms. The maximum atomic E-state index is 12.6. The summed E-state index contributed by atoms with van der Waals surface area (Å²) in [6, 6.07) is 0.382. The number of benzene rings is 1. The summed E-state index contributed by atoms with van der Waals surface area (Å²) in [6.45, 7) is 0. The summed E-state index contributed by atoms with van der Waals surface area (Å²) in [5.74, 6) is -6.98. The average molecular weight is 230 g/mol. The van der Waals surface area contributed by atoms with Gasteiger partial charge >= 0.3 is 0 Å². The highest BCUT2D eigenvalue weighted by molar-refractivity contribution is 5.85. The lowest BCUT2D eigenvalue weighted by Crippen LogP contribution is -2.00. The molecule has 0 aliphatic heterocycles. The van der Waals surface area contributed by atoms with E-state index in [0.29, 0.717) is 12.3 Å². The van der Waals surface area contributed by atoms with E-state index in [0.717, 1.165) is 0 Å². The first-order valence-electron chi connectivity index (χ1n) is 3.08. The summed E-state index contributed by atoms with van der Waals surface area (Å²) < 4.78 is 49.8. The third kappa shape index (κ3) is 2.14. The fourth-order valence-electron chi connectivity index (χ4n) is 0.747. The molecule has 14 heavy (non-hydrogen) atoms. The Labute approximate surface area is 82.3 Å². The van der Waals surface area contributed by atoms with Crippen LogP contribution in [0.5, 0.6) is 0 Å². The van der Waals surface area contributed by atoms with Gasteiger partial charge in [-0.1, -0.05) is 5.16 Å². The Bertz CT molecular complexity index is 369. The molecule has 1 N–H and O–H groups in total. The predicted octanol–water partition coefficient (Wildman–Crippen LogP) is 2.47. The average Bonchev–Trinajstić information content (AvgIpc) is 2.11. The van der Waals surface area contributed by atoms with Crippen LogP contribution in [0.25, 0.3) is 0 Å². The van der Waals surface area contributed by atoms with E-state index < -0.39 is 28.8 Å². The monoisotopic (exact) mass is 229 g/mol. The van der Waals surface area contributed by atoms with E-state index in [2.05, 4.69) is 5.16 Å². The number of halogens is 5. The van der Waals surface area contributed by atoms with Gasteiger partial charge < -0.3 is 5.21 Å². The predicted molar refractivity (Wildman–Crippen MR) is 42.9 cm³/mol. The molecule has 0 unspecified atom stereocenters. The first-order chi connectivity index (χ1) is 6.07. The van der Waals surface area contributed by atoms with Gasteiger partial charge in [0.2, 0.25) is 0 Å². The Kier molecular flexibility index (Phi) is 4.36. The standard InChI is InChI=1S/C7H3F4NO.ClH/c8-4-1-3(2-12-13)5(9)7(11)6(4)10;/h1-2,13H;1H. The highest BCUT2D eigenvalue weighted by atomic mass is 35.5. The van der Waals surface area contributed by atoms with Crippen LogP contribution in [-0.2, 0) is 0 Å². The molecular formula is C7H4ClF4NO. The molecule has 0 aliphatic rings. The van der Waals surface area contributed by atoms with Crippen molar-refractivity contribution in [3.63, 3.8) is 0 Å². The van der Waals surface area contributed by atoms with Crippen molar-refractivity contribution in [3.8, 4) is 0 Å². The SMILES string of the molecule is Cl.ON=Cc1cc(F)c(F)c(F)c1F. The Morgan fingerprint density at radius 1 is 1.07 bits per heavy atom. The number of hydrogen-bond acceptors (Lipinski definition) is 2. The molecule has 0 amide bonds. The number of hydrogen-bond donors (Lipinski definition) is 1. The topological polar surface area (TPSA) is 32.6 Å². The molecule has 1 rings (SSSR count). The maximum absolute atomic E-state index is 12.6. The minimum absolute atomic E-state index is 0. The van der Waals surface area contributed by atoms with E-state index in [9.17, 15) is 17.6 Å². The van der Waals surface area contributed by atoms with Crippen molar-refractivity contribution in [2.24, 2.45) is 5.16 Å². The number of oxime groups is 1. The van der Waals surface area contributed by atoms with Crippen molar-refractivity contribution in [2.75, 3.05) is 0 Å². The molecule has 0 fully saturated rings. The fraction of sp³-hybridized carbons (Fsp3) is 0. The molecule has 0 spiro atoms. The van der Waals surface area contributed by atoms with Crippen molar-refractivity contribution < 1.29 is 22.8 Å². The van der Waals surface area contributed by atoms with Crippen molar-refractivity contribution in [1.29, 1.82) is 0 Å². The molecular weight excluding hydrogens is 226 g/mol. The van der Waals surface area contributed by atoms with Crippen LogP contribution >= 0.6 is 12.4 Å². The Morgan fingerprint density at radius 3 is 2.14 bits per heavy atom. The zero-order chi connectivity index (χ0) is 10.0. The summed E-state index contributed by atoms with van der Waals surface area (Å²) in [4.78, 5) is 0. The van der Waals surface area contributed by atoms with E-state index in [1.54, 1.807) is 0 Å². The number of nitrogens with zero attached hydrogens (tertiary/aromatic N) is 1. The second kappa shape index (κ2) is 4.80. The number of rotatable bonds is 1. The van der Waals surface area contributed by atoms with E-state index in [1.807, 2.05) is 0 Å². The lowest BCUT2D eigenvalue weighted by Gasteiger charge is -1.99. The van der Waals surface area contributed by atoms with Gasteiger partial charge in [-0.3, -0.25) is 0 Å².